The van der Waals surface area contributed by atoms with Crippen LogP contribution >= 0.6 is 22.9 Å². The van der Waals surface area contributed by atoms with Crippen LogP contribution in [0.5, 0.6) is 0 Å². The van der Waals surface area contributed by atoms with Crippen molar-refractivity contribution in [3.63, 3.8) is 0 Å². The van der Waals surface area contributed by atoms with Crippen LogP contribution in [0.15, 0.2) is 24.5 Å². The molecular formula is C11H10ClF2N3OS. The summed E-state index contributed by atoms with van der Waals surface area (Å²) in [7, 11) is 1.53. The van der Waals surface area contributed by atoms with Crippen molar-refractivity contribution in [2.24, 2.45) is 0 Å². The fourth-order valence-corrected chi connectivity index (χ4v) is 2.58. The zero-order valence-corrected chi connectivity index (χ0v) is 11.5. The first-order valence-corrected chi connectivity index (χ1v) is 6.49. The van der Waals surface area contributed by atoms with Gasteiger partial charge in [-0.25, -0.2) is 4.98 Å². The molecule has 1 amide bonds. The smallest absolute Gasteiger partial charge is 0.319 e. The lowest BCUT2D eigenvalue weighted by atomic mass is 10.4. The van der Waals surface area contributed by atoms with Gasteiger partial charge in [0.1, 0.15) is 5.82 Å². The molecule has 0 N–H and O–H groups in total. The van der Waals surface area contributed by atoms with Gasteiger partial charge < -0.3 is 4.90 Å². The normalized spacial score (nSPS) is 11.0. The maximum Gasteiger partial charge on any atom is 0.319 e. The lowest BCUT2D eigenvalue weighted by molar-refractivity contribution is 0.0613. The van der Waals surface area contributed by atoms with Crippen molar-refractivity contribution in [3.8, 4) is 0 Å². The van der Waals surface area contributed by atoms with Crippen molar-refractivity contribution in [2.75, 3.05) is 7.05 Å². The minimum atomic E-state index is -2.67. The first-order valence-electron chi connectivity index (χ1n) is 5.29. The second-order valence-electron chi connectivity index (χ2n) is 3.79. The molecule has 2 heterocycles. The lowest BCUT2D eigenvalue weighted by Crippen LogP contribution is -2.27. The number of hydrogen-bond acceptors (Lipinski definition) is 3. The van der Waals surface area contributed by atoms with E-state index < -0.39 is 6.55 Å². The van der Waals surface area contributed by atoms with Crippen LogP contribution in [-0.2, 0) is 6.54 Å². The van der Waals surface area contributed by atoms with Crippen LogP contribution in [0.3, 0.4) is 0 Å². The van der Waals surface area contributed by atoms with Gasteiger partial charge in [-0.15, -0.1) is 11.3 Å². The van der Waals surface area contributed by atoms with E-state index in [0.717, 1.165) is 15.9 Å². The number of alkyl halides is 2. The van der Waals surface area contributed by atoms with E-state index in [9.17, 15) is 13.6 Å². The Bertz CT molecular complexity index is 584. The van der Waals surface area contributed by atoms with E-state index >= 15 is 0 Å². The molecule has 0 spiro atoms. The molecule has 2 rings (SSSR count). The van der Waals surface area contributed by atoms with Gasteiger partial charge in [-0.2, -0.15) is 8.78 Å². The summed E-state index contributed by atoms with van der Waals surface area (Å²) in [5.41, 5.74) is 0. The third kappa shape index (κ3) is 3.10. The second kappa shape index (κ2) is 5.66. The minimum absolute atomic E-state index is 0.00565. The first kappa shape index (κ1) is 14.0. The molecule has 0 unspecified atom stereocenters. The van der Waals surface area contributed by atoms with Crippen LogP contribution in [0.2, 0.25) is 4.34 Å². The number of aromatic nitrogens is 2. The van der Waals surface area contributed by atoms with Crippen LogP contribution < -0.4 is 0 Å². The summed E-state index contributed by atoms with van der Waals surface area (Å²) in [6, 6.07) is 3.22. The van der Waals surface area contributed by atoms with Gasteiger partial charge in [0, 0.05) is 19.4 Å². The summed E-state index contributed by atoms with van der Waals surface area (Å²) in [4.78, 5) is 17.6. The zero-order chi connectivity index (χ0) is 14.0. The fraction of sp³-hybridized carbons (Fsp3) is 0.273. The number of hydrogen-bond donors (Lipinski definition) is 0. The van der Waals surface area contributed by atoms with E-state index in [0.29, 0.717) is 9.21 Å². The maximum absolute atomic E-state index is 12.6. The largest absolute Gasteiger partial charge is 0.334 e. The van der Waals surface area contributed by atoms with Gasteiger partial charge in [0.2, 0.25) is 0 Å². The van der Waals surface area contributed by atoms with E-state index in [2.05, 4.69) is 4.98 Å². The Hall–Kier alpha value is -1.47. The van der Waals surface area contributed by atoms with Crippen LogP contribution in [-0.4, -0.2) is 27.4 Å². The molecule has 0 aliphatic heterocycles. The van der Waals surface area contributed by atoms with Crippen LogP contribution in [0.4, 0.5) is 8.78 Å². The van der Waals surface area contributed by atoms with Crippen molar-refractivity contribution in [1.29, 1.82) is 0 Å². The highest BCUT2D eigenvalue weighted by molar-refractivity contribution is 7.17. The Morgan fingerprint density at radius 1 is 1.58 bits per heavy atom. The van der Waals surface area contributed by atoms with Crippen molar-refractivity contribution in [3.05, 3.63) is 39.6 Å². The molecule has 0 aliphatic carbocycles. The Labute approximate surface area is 117 Å². The predicted octanol–water partition coefficient (Wildman–Crippen LogP) is 3.27. The van der Waals surface area contributed by atoms with E-state index in [4.69, 9.17) is 11.6 Å². The number of amides is 1. The summed E-state index contributed by atoms with van der Waals surface area (Å²) < 4.78 is 26.5. The molecule has 102 valence electrons. The van der Waals surface area contributed by atoms with Gasteiger partial charge in [0.15, 0.2) is 0 Å². The average molecular weight is 306 g/mol. The number of carbonyl (C=O) groups is 1. The summed E-state index contributed by atoms with van der Waals surface area (Å²) >= 11 is 6.90. The summed E-state index contributed by atoms with van der Waals surface area (Å²) in [6.07, 6.45) is 2.46. The van der Waals surface area contributed by atoms with E-state index in [-0.39, 0.29) is 18.3 Å². The standard InChI is InChI=1S/C11H10ClF2N3OS/c1-16(10(18)7-2-3-8(12)19-7)6-9-15-4-5-17(9)11(13)14/h2-5,11H,6H2,1H3. The molecule has 0 fully saturated rings. The fourth-order valence-electron chi connectivity index (χ4n) is 1.55. The number of imidazole rings is 1. The quantitative estimate of drug-likeness (QED) is 0.869. The molecule has 2 aromatic heterocycles. The minimum Gasteiger partial charge on any atom is -0.334 e. The Morgan fingerprint density at radius 3 is 2.89 bits per heavy atom. The number of carbonyl (C=O) groups excluding carboxylic acids is 1. The number of nitrogens with zero attached hydrogens (tertiary/aromatic N) is 3. The van der Waals surface area contributed by atoms with Gasteiger partial charge in [-0.05, 0) is 12.1 Å². The molecular weight excluding hydrogens is 296 g/mol. The monoisotopic (exact) mass is 305 g/mol. The van der Waals surface area contributed by atoms with Crippen molar-refractivity contribution in [2.45, 2.75) is 13.1 Å². The molecule has 0 bridgehead atoms. The number of rotatable bonds is 4. The first-order chi connectivity index (χ1) is 8.99. The highest BCUT2D eigenvalue weighted by Crippen LogP contribution is 2.23. The van der Waals surface area contributed by atoms with Gasteiger partial charge >= 0.3 is 6.55 Å². The van der Waals surface area contributed by atoms with E-state index in [1.165, 1.54) is 24.3 Å². The van der Waals surface area contributed by atoms with Gasteiger partial charge in [0.25, 0.3) is 5.91 Å². The van der Waals surface area contributed by atoms with Gasteiger partial charge in [-0.3, -0.25) is 9.36 Å². The topological polar surface area (TPSA) is 38.1 Å². The predicted molar refractivity (Wildman–Crippen MR) is 68.6 cm³/mol. The van der Waals surface area contributed by atoms with Crippen LogP contribution in [0, 0.1) is 0 Å². The summed E-state index contributed by atoms with van der Waals surface area (Å²) in [5.74, 6) is -0.144. The molecule has 0 saturated heterocycles. The van der Waals surface area contributed by atoms with Crippen molar-refractivity contribution < 1.29 is 13.6 Å². The highest BCUT2D eigenvalue weighted by Gasteiger charge is 2.18. The molecule has 0 atom stereocenters. The Morgan fingerprint density at radius 2 is 2.32 bits per heavy atom. The summed E-state index contributed by atoms with van der Waals surface area (Å²) in [6.45, 7) is -2.66. The van der Waals surface area contributed by atoms with Gasteiger partial charge in [0.05, 0.1) is 15.8 Å². The average Bonchev–Trinajstić information content (AvgIpc) is 2.97. The SMILES string of the molecule is CN(Cc1nccn1C(F)F)C(=O)c1ccc(Cl)s1. The second-order valence-corrected chi connectivity index (χ2v) is 5.51. The maximum atomic E-state index is 12.6. The molecule has 4 nitrogen and oxygen atoms in total. The number of halogens is 3. The van der Waals surface area contributed by atoms with Gasteiger partial charge in [-0.1, -0.05) is 11.6 Å². The van der Waals surface area contributed by atoms with E-state index in [1.807, 2.05) is 0 Å². The molecule has 0 saturated carbocycles. The molecule has 19 heavy (non-hydrogen) atoms. The van der Waals surface area contributed by atoms with Crippen LogP contribution in [0.1, 0.15) is 22.0 Å². The highest BCUT2D eigenvalue weighted by atomic mass is 35.5. The van der Waals surface area contributed by atoms with E-state index in [1.54, 1.807) is 12.1 Å². The van der Waals surface area contributed by atoms with Crippen molar-refractivity contribution in [1.82, 2.24) is 14.5 Å². The molecule has 0 radical (unpaired) electrons. The molecule has 2 aromatic rings. The van der Waals surface area contributed by atoms with Crippen molar-refractivity contribution >= 4 is 28.8 Å². The third-order valence-electron chi connectivity index (χ3n) is 2.47. The third-order valence-corrected chi connectivity index (χ3v) is 3.69. The zero-order valence-electron chi connectivity index (χ0n) is 9.89. The molecule has 0 aromatic carbocycles. The van der Waals surface area contributed by atoms with Crippen LogP contribution in [0.25, 0.3) is 0 Å². The number of thiophene rings is 1. The Kier molecular flexibility index (Phi) is 4.16. The summed E-state index contributed by atoms with van der Waals surface area (Å²) in [5, 5.41) is 0. The lowest BCUT2D eigenvalue weighted by Gasteiger charge is -2.16. The molecule has 8 heteroatoms. The Balaban J connectivity index is 2.10. The molecule has 0 aliphatic rings.